The zero-order valence-electron chi connectivity index (χ0n) is 14.4. The minimum absolute atomic E-state index is 0.0908. The van der Waals surface area contributed by atoms with Gasteiger partial charge in [0.15, 0.2) is 0 Å². The number of nitrogens with one attached hydrogen (secondary N) is 1. The van der Waals surface area contributed by atoms with Gasteiger partial charge in [0.2, 0.25) is 0 Å². The SMILES string of the molecule is CCN(C)Cc1cccc(CNC(C)c2cccc(CO)c2)c1. The molecule has 2 aromatic carbocycles. The van der Waals surface area contributed by atoms with Crippen LogP contribution in [0.1, 0.15) is 42.1 Å². The Bertz CT molecular complexity index is 612. The fourth-order valence-corrected chi connectivity index (χ4v) is 2.61. The third-order valence-corrected chi connectivity index (χ3v) is 4.23. The number of benzene rings is 2. The number of rotatable bonds is 8. The molecule has 3 nitrogen and oxygen atoms in total. The number of aliphatic hydroxyl groups is 1. The van der Waals surface area contributed by atoms with Crippen LogP contribution in [0.4, 0.5) is 0 Å². The topological polar surface area (TPSA) is 35.5 Å². The molecule has 1 atom stereocenters. The Kier molecular flexibility index (Phi) is 6.78. The molecule has 0 bridgehead atoms. The van der Waals surface area contributed by atoms with E-state index < -0.39 is 0 Å². The van der Waals surface area contributed by atoms with Crippen LogP contribution in [0.5, 0.6) is 0 Å². The van der Waals surface area contributed by atoms with Crippen LogP contribution < -0.4 is 5.32 Å². The highest BCUT2D eigenvalue weighted by atomic mass is 16.3. The molecular weight excluding hydrogens is 284 g/mol. The van der Waals surface area contributed by atoms with Gasteiger partial charge in [-0.25, -0.2) is 0 Å². The second-order valence-electron chi connectivity index (χ2n) is 6.16. The average Bonchev–Trinajstić information content (AvgIpc) is 2.60. The maximum atomic E-state index is 9.25. The van der Waals surface area contributed by atoms with E-state index in [2.05, 4.69) is 67.5 Å². The van der Waals surface area contributed by atoms with Crippen molar-refractivity contribution in [2.45, 2.75) is 39.6 Å². The van der Waals surface area contributed by atoms with Crippen molar-refractivity contribution < 1.29 is 5.11 Å². The van der Waals surface area contributed by atoms with Crippen molar-refractivity contribution in [3.63, 3.8) is 0 Å². The molecule has 0 heterocycles. The zero-order valence-corrected chi connectivity index (χ0v) is 14.4. The van der Waals surface area contributed by atoms with Gasteiger partial charge < -0.3 is 15.3 Å². The maximum absolute atomic E-state index is 9.25. The van der Waals surface area contributed by atoms with Gasteiger partial charge in [-0.15, -0.1) is 0 Å². The lowest BCUT2D eigenvalue weighted by Crippen LogP contribution is -2.19. The number of hydrogen-bond acceptors (Lipinski definition) is 3. The molecule has 0 spiro atoms. The Morgan fingerprint density at radius 3 is 2.48 bits per heavy atom. The minimum atomic E-state index is 0.0908. The summed E-state index contributed by atoms with van der Waals surface area (Å²) in [6.45, 7) is 7.31. The van der Waals surface area contributed by atoms with Crippen LogP contribution in [0.3, 0.4) is 0 Å². The maximum Gasteiger partial charge on any atom is 0.0681 e. The number of aliphatic hydroxyl groups excluding tert-OH is 1. The monoisotopic (exact) mass is 312 g/mol. The van der Waals surface area contributed by atoms with Gasteiger partial charge >= 0.3 is 0 Å². The first-order valence-electron chi connectivity index (χ1n) is 8.31. The van der Waals surface area contributed by atoms with Gasteiger partial charge in [-0.2, -0.15) is 0 Å². The van der Waals surface area contributed by atoms with Gasteiger partial charge in [-0.1, -0.05) is 55.5 Å². The summed E-state index contributed by atoms with van der Waals surface area (Å²) in [5, 5.41) is 12.8. The number of hydrogen-bond donors (Lipinski definition) is 2. The Hall–Kier alpha value is -1.68. The van der Waals surface area contributed by atoms with Crippen LogP contribution in [0.15, 0.2) is 48.5 Å². The van der Waals surface area contributed by atoms with Crippen LogP contribution in [0, 0.1) is 0 Å². The first kappa shape index (κ1) is 17.7. The summed E-state index contributed by atoms with van der Waals surface area (Å²) < 4.78 is 0. The molecular formula is C20H28N2O. The summed E-state index contributed by atoms with van der Waals surface area (Å²) in [6.07, 6.45) is 0. The fourth-order valence-electron chi connectivity index (χ4n) is 2.61. The van der Waals surface area contributed by atoms with Crippen LogP contribution in [0.25, 0.3) is 0 Å². The van der Waals surface area contributed by atoms with E-state index in [0.717, 1.165) is 25.2 Å². The Morgan fingerprint density at radius 1 is 1.04 bits per heavy atom. The number of nitrogens with zero attached hydrogens (tertiary/aromatic N) is 1. The highest BCUT2D eigenvalue weighted by Crippen LogP contribution is 2.15. The quantitative estimate of drug-likeness (QED) is 0.783. The molecule has 0 amide bonds. The van der Waals surface area contributed by atoms with Crippen LogP contribution in [-0.4, -0.2) is 23.6 Å². The van der Waals surface area contributed by atoms with Gasteiger partial charge in [-0.05, 0) is 42.8 Å². The van der Waals surface area contributed by atoms with E-state index in [1.165, 1.54) is 16.7 Å². The molecule has 0 saturated carbocycles. The molecule has 23 heavy (non-hydrogen) atoms. The summed E-state index contributed by atoms with van der Waals surface area (Å²) >= 11 is 0. The van der Waals surface area contributed by atoms with Crippen molar-refractivity contribution in [3.05, 3.63) is 70.8 Å². The van der Waals surface area contributed by atoms with E-state index in [0.29, 0.717) is 0 Å². The third kappa shape index (κ3) is 5.47. The van der Waals surface area contributed by atoms with E-state index in [9.17, 15) is 5.11 Å². The Balaban J connectivity index is 1.95. The van der Waals surface area contributed by atoms with Gasteiger partial charge in [0.05, 0.1) is 6.61 Å². The summed E-state index contributed by atoms with van der Waals surface area (Å²) in [5.41, 5.74) is 4.82. The van der Waals surface area contributed by atoms with Crippen LogP contribution >= 0.6 is 0 Å². The molecule has 0 aromatic heterocycles. The van der Waals surface area contributed by atoms with Crippen molar-refractivity contribution >= 4 is 0 Å². The van der Waals surface area contributed by atoms with Crippen molar-refractivity contribution in [2.24, 2.45) is 0 Å². The lowest BCUT2D eigenvalue weighted by molar-refractivity contribution is 0.281. The standard InChI is InChI=1S/C20H28N2O/c1-4-22(3)14-18-8-5-7-17(11-18)13-21-16(2)20-10-6-9-19(12-20)15-23/h5-12,16,21,23H,4,13-15H2,1-3H3. The zero-order chi connectivity index (χ0) is 16.7. The molecule has 2 N–H and O–H groups in total. The molecule has 3 heteroatoms. The molecule has 0 radical (unpaired) electrons. The highest BCUT2D eigenvalue weighted by molar-refractivity contribution is 5.26. The van der Waals surface area contributed by atoms with Gasteiger partial charge in [0, 0.05) is 19.1 Å². The van der Waals surface area contributed by atoms with E-state index in [4.69, 9.17) is 0 Å². The molecule has 0 saturated heterocycles. The predicted octanol–water partition coefficient (Wildman–Crippen LogP) is 3.48. The normalized spacial score (nSPS) is 12.6. The van der Waals surface area contributed by atoms with Gasteiger partial charge in [0.1, 0.15) is 0 Å². The van der Waals surface area contributed by atoms with E-state index in [1.807, 2.05) is 12.1 Å². The molecule has 1 unspecified atom stereocenters. The predicted molar refractivity (Wildman–Crippen MR) is 96.1 cm³/mol. The third-order valence-electron chi connectivity index (χ3n) is 4.23. The first-order valence-corrected chi connectivity index (χ1v) is 8.31. The van der Waals surface area contributed by atoms with Crippen molar-refractivity contribution in [3.8, 4) is 0 Å². The molecule has 0 aliphatic rings. The molecule has 0 fully saturated rings. The average molecular weight is 312 g/mol. The lowest BCUT2D eigenvalue weighted by Gasteiger charge is -2.17. The summed E-state index contributed by atoms with van der Waals surface area (Å²) in [5.74, 6) is 0. The summed E-state index contributed by atoms with van der Waals surface area (Å²) in [7, 11) is 2.14. The van der Waals surface area contributed by atoms with Gasteiger partial charge in [-0.3, -0.25) is 0 Å². The smallest absolute Gasteiger partial charge is 0.0681 e. The Morgan fingerprint density at radius 2 is 1.74 bits per heavy atom. The van der Waals surface area contributed by atoms with Crippen molar-refractivity contribution in [1.82, 2.24) is 10.2 Å². The largest absolute Gasteiger partial charge is 0.392 e. The second-order valence-corrected chi connectivity index (χ2v) is 6.16. The summed E-state index contributed by atoms with van der Waals surface area (Å²) in [4.78, 5) is 2.30. The van der Waals surface area contributed by atoms with E-state index in [1.54, 1.807) is 0 Å². The van der Waals surface area contributed by atoms with Crippen LogP contribution in [0.2, 0.25) is 0 Å². The minimum Gasteiger partial charge on any atom is -0.392 e. The molecule has 2 rings (SSSR count). The lowest BCUT2D eigenvalue weighted by atomic mass is 10.0. The molecule has 2 aromatic rings. The van der Waals surface area contributed by atoms with Gasteiger partial charge in [0.25, 0.3) is 0 Å². The van der Waals surface area contributed by atoms with Crippen molar-refractivity contribution in [1.29, 1.82) is 0 Å². The molecule has 124 valence electrons. The first-order chi connectivity index (χ1) is 11.1. The Labute approximate surface area is 140 Å². The second kappa shape index (κ2) is 8.82. The summed E-state index contributed by atoms with van der Waals surface area (Å²) in [6, 6.07) is 17.1. The van der Waals surface area contributed by atoms with E-state index >= 15 is 0 Å². The van der Waals surface area contributed by atoms with Crippen LogP contribution in [-0.2, 0) is 19.7 Å². The van der Waals surface area contributed by atoms with Crippen molar-refractivity contribution in [2.75, 3.05) is 13.6 Å². The molecule has 0 aliphatic carbocycles. The van der Waals surface area contributed by atoms with E-state index in [-0.39, 0.29) is 12.6 Å². The highest BCUT2D eigenvalue weighted by Gasteiger charge is 2.06. The molecule has 0 aliphatic heterocycles. The fraction of sp³-hybridized carbons (Fsp3) is 0.400.